The molecule has 29 heavy (non-hydrogen) atoms. The number of aromatic nitrogens is 2. The molecule has 4 rings (SSSR count). The van der Waals surface area contributed by atoms with Crippen molar-refractivity contribution in [3.8, 4) is 0 Å². The van der Waals surface area contributed by atoms with Crippen LogP contribution in [-0.4, -0.2) is 63.7 Å². The van der Waals surface area contributed by atoms with E-state index in [-0.39, 0.29) is 28.4 Å². The maximum absolute atomic E-state index is 12.9. The number of nitrogens with zero attached hydrogens (tertiary/aromatic N) is 4. The highest BCUT2D eigenvalue weighted by Crippen LogP contribution is 2.19. The van der Waals surface area contributed by atoms with Crippen molar-refractivity contribution >= 4 is 28.7 Å². The van der Waals surface area contributed by atoms with Crippen molar-refractivity contribution in [3.05, 3.63) is 59.4 Å². The van der Waals surface area contributed by atoms with E-state index >= 15 is 0 Å². The van der Waals surface area contributed by atoms with Crippen molar-refractivity contribution in [1.29, 1.82) is 0 Å². The van der Waals surface area contributed by atoms with E-state index in [1.165, 1.54) is 17.7 Å². The second-order valence-corrected chi connectivity index (χ2v) is 6.82. The number of ketones is 1. The maximum atomic E-state index is 12.9. The third-order valence-corrected chi connectivity index (χ3v) is 4.88. The maximum Gasteiger partial charge on any atom is 0.291 e. The number of carbonyl (C=O) groups is 3. The van der Waals surface area contributed by atoms with Crippen molar-refractivity contribution in [2.45, 2.75) is 6.54 Å². The van der Waals surface area contributed by atoms with Crippen LogP contribution in [0, 0.1) is 0 Å². The molecule has 3 aromatic rings. The van der Waals surface area contributed by atoms with Crippen molar-refractivity contribution < 1.29 is 18.9 Å². The first-order valence-electron chi connectivity index (χ1n) is 9.19. The molecule has 3 heterocycles. The lowest BCUT2D eigenvalue weighted by atomic mass is 10.2. The molecule has 0 saturated carbocycles. The molecule has 2 N–H and O–H groups in total. The predicted molar refractivity (Wildman–Crippen MR) is 103 cm³/mol. The zero-order valence-corrected chi connectivity index (χ0v) is 15.6. The van der Waals surface area contributed by atoms with Crippen molar-refractivity contribution in [2.24, 2.45) is 5.73 Å². The minimum Gasteiger partial charge on any atom is -0.363 e. The Bertz CT molecular complexity index is 1070. The Morgan fingerprint density at radius 1 is 1.00 bits per heavy atom. The minimum atomic E-state index is -1.16. The van der Waals surface area contributed by atoms with Gasteiger partial charge in [0.2, 0.25) is 0 Å². The predicted octanol–water partition coefficient (Wildman–Crippen LogP) is 0.849. The Morgan fingerprint density at radius 3 is 2.41 bits per heavy atom. The molecule has 1 fully saturated rings. The SMILES string of the molecule is NC(=O)C(=O)c1noc2ccc(C(=O)N3CCN(Cc4ccccc4)CC3)nc12. The molecule has 1 aliphatic rings. The number of amides is 2. The van der Waals surface area contributed by atoms with E-state index in [1.807, 2.05) is 18.2 Å². The summed E-state index contributed by atoms with van der Waals surface area (Å²) >= 11 is 0. The van der Waals surface area contributed by atoms with E-state index in [0.29, 0.717) is 13.1 Å². The average Bonchev–Trinajstić information content (AvgIpc) is 3.17. The summed E-state index contributed by atoms with van der Waals surface area (Å²) in [5, 5.41) is 3.56. The normalized spacial score (nSPS) is 14.8. The number of benzene rings is 1. The van der Waals surface area contributed by atoms with E-state index < -0.39 is 11.7 Å². The number of Topliss-reactive ketones (excluding diaryl/α,β-unsaturated/α-hetero) is 1. The van der Waals surface area contributed by atoms with Gasteiger partial charge in [-0.3, -0.25) is 19.3 Å². The minimum absolute atomic E-state index is 0.0577. The number of primary amides is 1. The fraction of sp³-hybridized carbons (Fsp3) is 0.250. The van der Waals surface area contributed by atoms with Crippen LogP contribution >= 0.6 is 0 Å². The molecular weight excluding hydrogens is 374 g/mol. The van der Waals surface area contributed by atoms with Gasteiger partial charge in [0.25, 0.3) is 17.6 Å². The molecule has 2 aromatic heterocycles. The third kappa shape index (κ3) is 3.85. The number of rotatable bonds is 5. The molecule has 1 saturated heterocycles. The monoisotopic (exact) mass is 393 g/mol. The lowest BCUT2D eigenvalue weighted by Gasteiger charge is -2.34. The highest BCUT2D eigenvalue weighted by atomic mass is 16.5. The zero-order chi connectivity index (χ0) is 20.4. The van der Waals surface area contributed by atoms with E-state index in [1.54, 1.807) is 4.90 Å². The molecule has 0 atom stereocenters. The topological polar surface area (TPSA) is 123 Å². The Labute approximate surface area is 166 Å². The number of piperazine rings is 1. The van der Waals surface area contributed by atoms with E-state index in [2.05, 4.69) is 27.2 Å². The Balaban J connectivity index is 1.46. The molecule has 1 aromatic carbocycles. The van der Waals surface area contributed by atoms with Gasteiger partial charge >= 0.3 is 0 Å². The number of pyridine rings is 1. The number of nitrogens with two attached hydrogens (primary N) is 1. The van der Waals surface area contributed by atoms with Gasteiger partial charge in [0.05, 0.1) is 0 Å². The van der Waals surface area contributed by atoms with Crippen LogP contribution in [0.15, 0.2) is 47.0 Å². The Morgan fingerprint density at radius 2 is 1.72 bits per heavy atom. The van der Waals surface area contributed by atoms with Gasteiger partial charge in [0, 0.05) is 32.7 Å². The summed E-state index contributed by atoms with van der Waals surface area (Å²) in [7, 11) is 0. The Hall–Kier alpha value is -3.59. The summed E-state index contributed by atoms with van der Waals surface area (Å²) < 4.78 is 5.00. The molecule has 2 amide bonds. The van der Waals surface area contributed by atoms with Crippen LogP contribution in [0.3, 0.4) is 0 Å². The highest BCUT2D eigenvalue weighted by Gasteiger charge is 2.26. The van der Waals surface area contributed by atoms with Crippen molar-refractivity contribution in [2.75, 3.05) is 26.2 Å². The first kappa shape index (κ1) is 18.8. The Kier molecular flexibility index (Phi) is 5.05. The van der Waals surface area contributed by atoms with Gasteiger partial charge in [0.1, 0.15) is 11.2 Å². The number of carbonyl (C=O) groups excluding carboxylic acids is 3. The van der Waals surface area contributed by atoms with Gasteiger partial charge in [-0.05, 0) is 17.7 Å². The summed E-state index contributed by atoms with van der Waals surface area (Å²) in [6.07, 6.45) is 0. The van der Waals surface area contributed by atoms with Crippen LogP contribution in [0.1, 0.15) is 26.5 Å². The van der Waals surface area contributed by atoms with Gasteiger partial charge < -0.3 is 15.2 Å². The van der Waals surface area contributed by atoms with Gasteiger partial charge in [0.15, 0.2) is 11.3 Å². The fourth-order valence-electron chi connectivity index (χ4n) is 3.33. The molecule has 9 nitrogen and oxygen atoms in total. The lowest BCUT2D eigenvalue weighted by molar-refractivity contribution is -0.114. The third-order valence-electron chi connectivity index (χ3n) is 4.88. The van der Waals surface area contributed by atoms with Crippen LogP contribution in [-0.2, 0) is 11.3 Å². The van der Waals surface area contributed by atoms with Gasteiger partial charge in [-0.15, -0.1) is 0 Å². The van der Waals surface area contributed by atoms with Gasteiger partial charge in [-0.25, -0.2) is 4.98 Å². The molecule has 0 radical (unpaired) electrons. The van der Waals surface area contributed by atoms with Crippen molar-refractivity contribution in [3.63, 3.8) is 0 Å². The van der Waals surface area contributed by atoms with Crippen LogP contribution in [0.2, 0.25) is 0 Å². The second-order valence-electron chi connectivity index (χ2n) is 6.82. The van der Waals surface area contributed by atoms with Crippen LogP contribution in [0.5, 0.6) is 0 Å². The largest absolute Gasteiger partial charge is 0.363 e. The van der Waals surface area contributed by atoms with Crippen molar-refractivity contribution in [1.82, 2.24) is 19.9 Å². The summed E-state index contributed by atoms with van der Waals surface area (Å²) in [4.78, 5) is 44.1. The number of fused-ring (bicyclic) bond motifs is 1. The number of hydrogen-bond acceptors (Lipinski definition) is 7. The fourth-order valence-corrected chi connectivity index (χ4v) is 3.33. The van der Waals surface area contributed by atoms with Gasteiger partial charge in [-0.1, -0.05) is 35.5 Å². The standard InChI is InChI=1S/C20H19N5O4/c21-19(27)18(26)17-16-15(29-23-17)7-6-14(22-16)20(28)25-10-8-24(9-11-25)12-13-4-2-1-3-5-13/h1-7H,8-12H2,(H2,21,27). The quantitative estimate of drug-likeness (QED) is 0.503. The summed E-state index contributed by atoms with van der Waals surface area (Å²) in [6, 6.07) is 13.2. The zero-order valence-electron chi connectivity index (χ0n) is 15.6. The smallest absolute Gasteiger partial charge is 0.291 e. The first-order valence-corrected chi connectivity index (χ1v) is 9.19. The highest BCUT2D eigenvalue weighted by molar-refractivity contribution is 6.43. The van der Waals surface area contributed by atoms with Crippen LogP contribution < -0.4 is 5.73 Å². The molecule has 0 unspecified atom stereocenters. The molecule has 0 spiro atoms. The molecule has 0 bridgehead atoms. The second kappa shape index (κ2) is 7.80. The van der Waals surface area contributed by atoms with E-state index in [9.17, 15) is 14.4 Å². The molecular formula is C20H19N5O4. The summed E-state index contributed by atoms with van der Waals surface area (Å²) in [5.41, 5.74) is 6.40. The lowest BCUT2D eigenvalue weighted by Crippen LogP contribution is -2.48. The summed E-state index contributed by atoms with van der Waals surface area (Å²) in [6.45, 7) is 3.49. The molecule has 0 aliphatic carbocycles. The van der Waals surface area contributed by atoms with E-state index in [4.69, 9.17) is 10.3 Å². The average molecular weight is 393 g/mol. The first-order chi connectivity index (χ1) is 14.0. The van der Waals surface area contributed by atoms with E-state index in [0.717, 1.165) is 19.6 Å². The molecule has 9 heteroatoms. The van der Waals surface area contributed by atoms with Crippen LogP contribution in [0.25, 0.3) is 11.1 Å². The number of hydrogen-bond donors (Lipinski definition) is 1. The summed E-state index contributed by atoms with van der Waals surface area (Å²) in [5.74, 6) is -2.41. The molecule has 1 aliphatic heterocycles. The van der Waals surface area contributed by atoms with Gasteiger partial charge in [-0.2, -0.15) is 0 Å². The molecule has 148 valence electrons. The van der Waals surface area contributed by atoms with Crippen LogP contribution in [0.4, 0.5) is 0 Å².